The van der Waals surface area contributed by atoms with Gasteiger partial charge in [0.25, 0.3) is 0 Å². The Morgan fingerprint density at radius 3 is 2.25 bits per heavy atom. The molecule has 0 spiro atoms. The number of nitrogens with one attached hydrogen (secondary N) is 1. The maximum atomic E-state index is 13.5. The van der Waals surface area contributed by atoms with E-state index in [2.05, 4.69) is 12.2 Å². The molecule has 10 heteroatoms. The van der Waals surface area contributed by atoms with E-state index in [0.29, 0.717) is 35.6 Å². The van der Waals surface area contributed by atoms with E-state index in [1.54, 1.807) is 17.0 Å². The van der Waals surface area contributed by atoms with Gasteiger partial charge in [-0.1, -0.05) is 31.5 Å². The van der Waals surface area contributed by atoms with E-state index in [4.69, 9.17) is 26.6 Å². The summed E-state index contributed by atoms with van der Waals surface area (Å²) in [6, 6.07) is 4.17. The van der Waals surface area contributed by atoms with E-state index in [-0.39, 0.29) is 0 Å². The lowest BCUT2D eigenvalue weighted by molar-refractivity contribution is -0.189. The fourth-order valence-electron chi connectivity index (χ4n) is 3.85. The summed E-state index contributed by atoms with van der Waals surface area (Å²) in [6.45, 7) is 4.17. The number of carbonyl (C=O) groups excluding carboxylic acids is 1. The minimum atomic E-state index is -4.44. The summed E-state index contributed by atoms with van der Waals surface area (Å²) in [5, 5.41) is 17.0. The Morgan fingerprint density at radius 1 is 1.19 bits per heavy atom. The number of carbonyl (C=O) groups is 2. The number of hydrogen-bond acceptors (Lipinski definition) is 3. The number of nitrogens with zero attached hydrogens (tertiary/aromatic N) is 1. The van der Waals surface area contributed by atoms with Gasteiger partial charge in [0.15, 0.2) is 0 Å². The highest BCUT2D eigenvalue weighted by atomic mass is 35.5. The summed E-state index contributed by atoms with van der Waals surface area (Å²) >= 11 is 6.22. The van der Waals surface area contributed by atoms with E-state index in [0.717, 1.165) is 31.7 Å². The second kappa shape index (κ2) is 11.2. The Hall–Kier alpha value is -2.00. The molecule has 1 saturated carbocycles. The van der Waals surface area contributed by atoms with Crippen molar-refractivity contribution >= 4 is 29.4 Å². The number of rotatable bonds is 6. The molecule has 1 aromatic carbocycles. The van der Waals surface area contributed by atoms with Crippen LogP contribution in [0.25, 0.3) is 0 Å². The minimum Gasteiger partial charge on any atom is -0.450 e. The molecule has 2 aliphatic rings. The van der Waals surface area contributed by atoms with Crippen molar-refractivity contribution in [3.8, 4) is 0 Å². The first-order chi connectivity index (χ1) is 14.9. The quantitative estimate of drug-likeness (QED) is 0.484. The van der Waals surface area contributed by atoms with Crippen molar-refractivity contribution in [2.75, 3.05) is 18.4 Å². The van der Waals surface area contributed by atoms with Gasteiger partial charge in [0.05, 0.1) is 16.6 Å². The zero-order valence-corrected chi connectivity index (χ0v) is 18.9. The van der Waals surface area contributed by atoms with E-state index in [1.165, 1.54) is 12.8 Å². The molecule has 180 valence electrons. The molecular weight excluding hydrogens is 449 g/mol. The van der Waals surface area contributed by atoms with Gasteiger partial charge in [0.1, 0.15) is 6.04 Å². The number of benzene rings is 1. The lowest BCUT2D eigenvalue weighted by atomic mass is 9.92. The van der Waals surface area contributed by atoms with Crippen molar-refractivity contribution in [2.24, 2.45) is 17.8 Å². The molecule has 0 unspecified atom stereocenters. The third-order valence-electron chi connectivity index (χ3n) is 5.98. The highest BCUT2D eigenvalue weighted by Gasteiger charge is 2.47. The van der Waals surface area contributed by atoms with Crippen molar-refractivity contribution in [3.63, 3.8) is 0 Å². The van der Waals surface area contributed by atoms with E-state index in [9.17, 15) is 18.0 Å². The standard InChI is InChI=1S/C21H28ClF3N2O.CH2O3/c1-13-7-9-27(10-8-13)19(14(2)21(23,24)25)20(28)26-18-12-16(5-6-17(18)22)11-15-3-4-15;2-1(3)4/h5-6,12-15,19H,3-4,7-11H2,1-2H3,(H,26,28);(H2,2,3,4)/t14-,19-;/m1./s1. The third kappa shape index (κ3) is 8.16. The molecule has 32 heavy (non-hydrogen) atoms. The maximum absolute atomic E-state index is 13.5. The summed E-state index contributed by atoms with van der Waals surface area (Å²) < 4.78 is 40.5. The molecule has 1 saturated heterocycles. The number of alkyl halides is 3. The lowest BCUT2D eigenvalue weighted by Gasteiger charge is -2.39. The van der Waals surface area contributed by atoms with Crippen LogP contribution in [0.2, 0.25) is 5.02 Å². The van der Waals surface area contributed by atoms with Crippen LogP contribution in [0.1, 0.15) is 45.1 Å². The number of piperidine rings is 1. The molecule has 1 aliphatic carbocycles. The number of halogens is 4. The summed E-state index contributed by atoms with van der Waals surface area (Å²) in [7, 11) is 0. The molecule has 1 aliphatic heterocycles. The zero-order valence-electron chi connectivity index (χ0n) is 18.2. The largest absolute Gasteiger partial charge is 0.503 e. The Bertz CT molecular complexity index is 790. The lowest BCUT2D eigenvalue weighted by Crippen LogP contribution is -2.54. The summed E-state index contributed by atoms with van der Waals surface area (Å²) in [6.07, 6.45) is -1.38. The topological polar surface area (TPSA) is 89.9 Å². The van der Waals surface area contributed by atoms with Crippen LogP contribution in [-0.2, 0) is 11.2 Å². The fraction of sp³-hybridized carbons (Fsp3) is 0.636. The van der Waals surface area contributed by atoms with Crippen LogP contribution in [-0.4, -0.2) is 52.5 Å². The van der Waals surface area contributed by atoms with E-state index in [1.807, 2.05) is 6.07 Å². The Labute approximate surface area is 190 Å². The third-order valence-corrected chi connectivity index (χ3v) is 6.31. The predicted octanol–water partition coefficient (Wildman–Crippen LogP) is 5.75. The van der Waals surface area contributed by atoms with Gasteiger partial charge in [-0.05, 0) is 74.7 Å². The number of amides is 1. The Kier molecular flexibility index (Phi) is 9.21. The summed E-state index contributed by atoms with van der Waals surface area (Å²) in [5.74, 6) is -1.26. The van der Waals surface area contributed by atoms with Crippen molar-refractivity contribution in [2.45, 2.75) is 58.2 Å². The monoisotopic (exact) mass is 478 g/mol. The molecule has 2 fully saturated rings. The zero-order chi connectivity index (χ0) is 24.1. The van der Waals surface area contributed by atoms with Crippen LogP contribution in [0.4, 0.5) is 23.7 Å². The van der Waals surface area contributed by atoms with Gasteiger partial charge in [0, 0.05) is 0 Å². The van der Waals surface area contributed by atoms with Gasteiger partial charge in [0.2, 0.25) is 5.91 Å². The SMILES string of the molecule is CC1CCN([C@@H](C(=O)Nc2cc(CC3CC3)ccc2Cl)[C@@H](C)C(F)(F)F)CC1.O=C(O)O. The Morgan fingerprint density at radius 2 is 1.75 bits per heavy atom. The summed E-state index contributed by atoms with van der Waals surface area (Å²) in [5.41, 5.74) is 1.45. The Balaban J connectivity index is 0.000000837. The minimum absolute atomic E-state index is 0.346. The van der Waals surface area contributed by atoms with Crippen LogP contribution in [0.5, 0.6) is 0 Å². The van der Waals surface area contributed by atoms with Gasteiger partial charge >= 0.3 is 12.3 Å². The van der Waals surface area contributed by atoms with Gasteiger partial charge in [-0.25, -0.2) is 4.79 Å². The van der Waals surface area contributed by atoms with Crippen LogP contribution in [0.3, 0.4) is 0 Å². The van der Waals surface area contributed by atoms with Gasteiger partial charge in [-0.2, -0.15) is 13.2 Å². The smallest absolute Gasteiger partial charge is 0.450 e. The highest BCUT2D eigenvalue weighted by molar-refractivity contribution is 6.33. The second-order valence-corrected chi connectivity index (χ2v) is 9.13. The normalized spacial score (nSPS) is 19.4. The molecule has 3 rings (SSSR count). The molecule has 0 radical (unpaired) electrons. The molecule has 0 bridgehead atoms. The van der Waals surface area contributed by atoms with Gasteiger partial charge < -0.3 is 15.5 Å². The van der Waals surface area contributed by atoms with Crippen LogP contribution in [0, 0.1) is 17.8 Å². The van der Waals surface area contributed by atoms with E-state index < -0.39 is 30.2 Å². The number of carboxylic acid groups (broad SMARTS) is 2. The average Bonchev–Trinajstić information content (AvgIpc) is 3.49. The molecule has 1 aromatic rings. The second-order valence-electron chi connectivity index (χ2n) is 8.73. The van der Waals surface area contributed by atoms with Crippen molar-refractivity contribution in [1.29, 1.82) is 0 Å². The van der Waals surface area contributed by atoms with Gasteiger partial charge in [-0.15, -0.1) is 0 Å². The average molecular weight is 479 g/mol. The molecule has 1 amide bonds. The molecule has 2 atom stereocenters. The molecule has 0 aromatic heterocycles. The van der Waals surface area contributed by atoms with Crippen LogP contribution < -0.4 is 5.32 Å². The van der Waals surface area contributed by atoms with Crippen molar-refractivity contribution in [1.82, 2.24) is 4.90 Å². The van der Waals surface area contributed by atoms with Crippen molar-refractivity contribution < 1.29 is 33.0 Å². The number of anilines is 1. The van der Waals surface area contributed by atoms with Gasteiger partial charge in [-0.3, -0.25) is 9.69 Å². The van der Waals surface area contributed by atoms with Crippen LogP contribution in [0.15, 0.2) is 18.2 Å². The number of hydrogen-bond donors (Lipinski definition) is 3. The van der Waals surface area contributed by atoms with Crippen molar-refractivity contribution in [3.05, 3.63) is 28.8 Å². The fourth-order valence-corrected chi connectivity index (χ4v) is 4.02. The molecule has 3 N–H and O–H groups in total. The predicted molar refractivity (Wildman–Crippen MR) is 116 cm³/mol. The molecule has 1 heterocycles. The highest BCUT2D eigenvalue weighted by Crippen LogP contribution is 2.36. The van der Waals surface area contributed by atoms with Crippen LogP contribution >= 0.6 is 11.6 Å². The van der Waals surface area contributed by atoms with E-state index >= 15 is 0 Å². The first kappa shape index (κ1) is 26.3. The molecular formula is C22H30ClF3N2O4. The molecule has 6 nitrogen and oxygen atoms in total. The first-order valence-corrected chi connectivity index (χ1v) is 11.1. The number of likely N-dealkylation sites (tertiary alicyclic amines) is 1. The first-order valence-electron chi connectivity index (χ1n) is 10.7. The summed E-state index contributed by atoms with van der Waals surface area (Å²) in [4.78, 5) is 23.2. The maximum Gasteiger partial charge on any atom is 0.503 e.